The quantitative estimate of drug-likeness (QED) is 0.889. The Hall–Kier alpha value is -1.00. The van der Waals surface area contributed by atoms with Crippen molar-refractivity contribution >= 4 is 0 Å². The molecular weight excluding hydrogens is 258 g/mol. The number of rotatable bonds is 5. The molecule has 0 amide bonds. The molecule has 20 heavy (non-hydrogen) atoms. The Morgan fingerprint density at radius 2 is 1.85 bits per heavy atom. The molecule has 112 valence electrons. The Morgan fingerprint density at radius 3 is 2.40 bits per heavy atom. The first-order valence-corrected chi connectivity index (χ1v) is 7.40. The smallest absolute Gasteiger partial charge is 0.159 e. The van der Waals surface area contributed by atoms with Crippen LogP contribution in [0.1, 0.15) is 45.2 Å². The third kappa shape index (κ3) is 3.01. The van der Waals surface area contributed by atoms with E-state index in [9.17, 15) is 8.78 Å². The van der Waals surface area contributed by atoms with Crippen molar-refractivity contribution in [1.29, 1.82) is 0 Å². The molecule has 0 saturated carbocycles. The monoisotopic (exact) mass is 282 g/mol. The molecule has 1 aromatic rings. The van der Waals surface area contributed by atoms with Crippen molar-refractivity contribution in [3.63, 3.8) is 0 Å². The van der Waals surface area contributed by atoms with E-state index in [0.29, 0.717) is 0 Å². The molecule has 1 aliphatic rings. The second-order valence-corrected chi connectivity index (χ2v) is 6.01. The van der Waals surface area contributed by atoms with Crippen LogP contribution < -0.4 is 5.32 Å². The van der Waals surface area contributed by atoms with Gasteiger partial charge in [0.15, 0.2) is 11.6 Å². The van der Waals surface area contributed by atoms with Gasteiger partial charge in [0, 0.05) is 5.54 Å². The maximum atomic E-state index is 13.5. The molecule has 4 heteroatoms. The number of hydrogen-bond acceptors (Lipinski definition) is 2. The van der Waals surface area contributed by atoms with Crippen molar-refractivity contribution in [3.8, 4) is 0 Å². The van der Waals surface area contributed by atoms with Crippen molar-refractivity contribution in [3.05, 3.63) is 35.4 Å². The van der Waals surface area contributed by atoms with E-state index in [-0.39, 0.29) is 11.6 Å². The van der Waals surface area contributed by atoms with Gasteiger partial charge < -0.3 is 5.32 Å². The summed E-state index contributed by atoms with van der Waals surface area (Å²) in [6.45, 7) is 9.31. The van der Waals surface area contributed by atoms with Gasteiger partial charge in [0.2, 0.25) is 0 Å². The van der Waals surface area contributed by atoms with E-state index in [1.54, 1.807) is 6.07 Å². The summed E-state index contributed by atoms with van der Waals surface area (Å²) in [6, 6.07) is 4.21. The van der Waals surface area contributed by atoms with Gasteiger partial charge in [-0.2, -0.15) is 0 Å². The summed E-state index contributed by atoms with van der Waals surface area (Å²) in [4.78, 5) is 2.43. The lowest BCUT2D eigenvalue weighted by Gasteiger charge is -2.42. The maximum Gasteiger partial charge on any atom is 0.159 e. The molecule has 1 aromatic carbocycles. The molecule has 0 aliphatic carbocycles. The van der Waals surface area contributed by atoms with Crippen LogP contribution in [0.3, 0.4) is 0 Å². The normalized spacial score (nSPS) is 18.4. The van der Waals surface area contributed by atoms with Crippen LogP contribution in [0, 0.1) is 11.6 Å². The number of likely N-dealkylation sites (N-methyl/N-ethyl adjacent to an activating group) is 1. The van der Waals surface area contributed by atoms with Gasteiger partial charge in [-0.3, -0.25) is 4.90 Å². The molecule has 1 saturated heterocycles. The second kappa shape index (κ2) is 6.19. The minimum atomic E-state index is -0.789. The number of nitrogens with zero attached hydrogens (tertiary/aromatic N) is 1. The van der Waals surface area contributed by atoms with Crippen LogP contribution in [-0.2, 0) is 0 Å². The molecule has 1 atom stereocenters. The lowest BCUT2D eigenvalue weighted by atomic mass is 9.87. The van der Waals surface area contributed by atoms with E-state index < -0.39 is 11.6 Å². The number of halogens is 2. The molecule has 0 aromatic heterocycles. The molecule has 1 heterocycles. The van der Waals surface area contributed by atoms with Crippen molar-refractivity contribution in [2.24, 2.45) is 0 Å². The van der Waals surface area contributed by atoms with Crippen molar-refractivity contribution < 1.29 is 8.78 Å². The van der Waals surface area contributed by atoms with Crippen molar-refractivity contribution in [1.82, 2.24) is 10.2 Å². The van der Waals surface area contributed by atoms with Crippen molar-refractivity contribution in [2.45, 2.75) is 45.2 Å². The van der Waals surface area contributed by atoms with Gasteiger partial charge in [-0.05, 0) is 64.0 Å². The van der Waals surface area contributed by atoms with E-state index in [0.717, 1.165) is 25.2 Å². The zero-order valence-corrected chi connectivity index (χ0v) is 12.5. The number of benzene rings is 1. The van der Waals surface area contributed by atoms with Crippen LogP contribution in [0.2, 0.25) is 0 Å². The molecule has 1 fully saturated rings. The maximum absolute atomic E-state index is 13.5. The van der Waals surface area contributed by atoms with Crippen LogP contribution in [0.15, 0.2) is 18.2 Å². The van der Waals surface area contributed by atoms with Gasteiger partial charge in [0.05, 0.1) is 6.04 Å². The molecular formula is C16H24F2N2. The zero-order valence-electron chi connectivity index (χ0n) is 12.5. The summed E-state index contributed by atoms with van der Waals surface area (Å²) >= 11 is 0. The van der Waals surface area contributed by atoms with Gasteiger partial charge in [0.1, 0.15) is 0 Å². The molecule has 0 bridgehead atoms. The van der Waals surface area contributed by atoms with Crippen molar-refractivity contribution in [2.75, 3.05) is 19.6 Å². The Balaban J connectivity index is 2.31. The van der Waals surface area contributed by atoms with E-state index >= 15 is 0 Å². The Bertz CT molecular complexity index is 454. The van der Waals surface area contributed by atoms with E-state index in [2.05, 4.69) is 24.1 Å². The fraction of sp³-hybridized carbons (Fsp3) is 0.625. The zero-order chi connectivity index (χ0) is 14.8. The fourth-order valence-electron chi connectivity index (χ4n) is 3.15. The second-order valence-electron chi connectivity index (χ2n) is 6.01. The highest BCUT2D eigenvalue weighted by Crippen LogP contribution is 2.34. The lowest BCUT2D eigenvalue weighted by Crippen LogP contribution is -2.51. The van der Waals surface area contributed by atoms with Crippen LogP contribution in [-0.4, -0.2) is 30.1 Å². The summed E-state index contributed by atoms with van der Waals surface area (Å²) in [6.07, 6.45) is 2.42. The molecule has 1 unspecified atom stereocenters. The van der Waals surface area contributed by atoms with Crippen LogP contribution in [0.5, 0.6) is 0 Å². The van der Waals surface area contributed by atoms with Gasteiger partial charge in [-0.25, -0.2) is 8.78 Å². The molecule has 1 N–H and O–H groups in total. The summed E-state index contributed by atoms with van der Waals surface area (Å²) < 4.78 is 26.7. The van der Waals surface area contributed by atoms with E-state index in [1.165, 1.54) is 25.0 Å². The Morgan fingerprint density at radius 1 is 1.20 bits per heavy atom. The first-order chi connectivity index (χ1) is 9.46. The minimum Gasteiger partial charge on any atom is -0.309 e. The summed E-state index contributed by atoms with van der Waals surface area (Å²) in [7, 11) is 0. The Kier molecular flexibility index (Phi) is 4.76. The fourth-order valence-corrected chi connectivity index (χ4v) is 3.15. The summed E-state index contributed by atoms with van der Waals surface area (Å²) in [5, 5.41) is 3.43. The standard InChI is InChI=1S/C16H24F2N2/c1-4-19-15(12-7-8-13(17)14(18)11-12)16(2,3)20-9-5-6-10-20/h7-8,11,15,19H,4-6,9-10H2,1-3H3. The van der Waals surface area contributed by atoms with E-state index in [4.69, 9.17) is 0 Å². The largest absolute Gasteiger partial charge is 0.309 e. The lowest BCUT2D eigenvalue weighted by molar-refractivity contribution is 0.107. The molecule has 0 spiro atoms. The van der Waals surface area contributed by atoms with Crippen LogP contribution in [0.4, 0.5) is 8.78 Å². The summed E-state index contributed by atoms with van der Waals surface area (Å²) in [5.41, 5.74) is 0.680. The van der Waals surface area contributed by atoms with Crippen LogP contribution >= 0.6 is 0 Å². The Labute approximate surface area is 120 Å². The number of hydrogen-bond donors (Lipinski definition) is 1. The van der Waals surface area contributed by atoms with Crippen LogP contribution in [0.25, 0.3) is 0 Å². The molecule has 0 radical (unpaired) electrons. The SMILES string of the molecule is CCNC(c1ccc(F)c(F)c1)C(C)(C)N1CCCC1. The third-order valence-corrected chi connectivity index (χ3v) is 4.31. The molecule has 2 nitrogen and oxygen atoms in total. The average molecular weight is 282 g/mol. The van der Waals surface area contributed by atoms with Gasteiger partial charge in [-0.15, -0.1) is 0 Å². The predicted molar refractivity (Wildman–Crippen MR) is 77.7 cm³/mol. The predicted octanol–water partition coefficient (Wildman–Crippen LogP) is 3.49. The first-order valence-electron chi connectivity index (χ1n) is 7.40. The molecule has 2 rings (SSSR count). The highest BCUT2D eigenvalue weighted by molar-refractivity contribution is 5.24. The first kappa shape index (κ1) is 15.4. The number of likely N-dealkylation sites (tertiary alicyclic amines) is 1. The average Bonchev–Trinajstić information content (AvgIpc) is 2.94. The number of nitrogens with one attached hydrogen (secondary N) is 1. The van der Waals surface area contributed by atoms with E-state index in [1.807, 2.05) is 6.92 Å². The minimum absolute atomic E-state index is 0.0132. The molecule has 1 aliphatic heterocycles. The summed E-state index contributed by atoms with van der Waals surface area (Å²) in [5.74, 6) is -1.56. The van der Waals surface area contributed by atoms with Gasteiger partial charge >= 0.3 is 0 Å². The third-order valence-electron chi connectivity index (χ3n) is 4.31. The van der Waals surface area contributed by atoms with Gasteiger partial charge in [0.25, 0.3) is 0 Å². The highest BCUT2D eigenvalue weighted by atomic mass is 19.2. The topological polar surface area (TPSA) is 15.3 Å². The highest BCUT2D eigenvalue weighted by Gasteiger charge is 2.37. The van der Waals surface area contributed by atoms with Gasteiger partial charge in [-0.1, -0.05) is 13.0 Å².